The SMILES string of the molecule is O=C(O)[C@H]1CCC(=O)N2c3cc(Cl)ccc3Oc3c(F)cccc3[C@@H]12. The summed E-state index contributed by atoms with van der Waals surface area (Å²) in [5, 5.41) is 10.0. The van der Waals surface area contributed by atoms with Crippen LogP contribution in [0.3, 0.4) is 0 Å². The third-order valence-corrected chi connectivity index (χ3v) is 4.86. The van der Waals surface area contributed by atoms with Gasteiger partial charge in [-0.15, -0.1) is 0 Å². The number of nitrogens with zero attached hydrogens (tertiary/aromatic N) is 1. The van der Waals surface area contributed by atoms with Gasteiger partial charge in [0.25, 0.3) is 0 Å². The predicted molar refractivity (Wildman–Crippen MR) is 88.5 cm³/mol. The van der Waals surface area contributed by atoms with Crippen LogP contribution in [-0.2, 0) is 9.59 Å². The van der Waals surface area contributed by atoms with Crippen LogP contribution in [0, 0.1) is 11.7 Å². The number of anilines is 1. The van der Waals surface area contributed by atoms with E-state index in [0.717, 1.165) is 0 Å². The minimum Gasteiger partial charge on any atom is -0.481 e. The zero-order valence-corrected chi connectivity index (χ0v) is 13.7. The number of aliphatic carboxylic acids is 1. The molecule has 128 valence electrons. The number of carboxylic acid groups (broad SMARTS) is 1. The zero-order valence-electron chi connectivity index (χ0n) is 12.9. The Balaban J connectivity index is 2.03. The second-order valence-electron chi connectivity index (χ2n) is 6.06. The molecule has 2 aromatic carbocycles. The van der Waals surface area contributed by atoms with Gasteiger partial charge in [-0.2, -0.15) is 0 Å². The van der Waals surface area contributed by atoms with E-state index < -0.39 is 23.7 Å². The van der Waals surface area contributed by atoms with Crippen LogP contribution in [0.25, 0.3) is 0 Å². The van der Waals surface area contributed by atoms with E-state index in [1.807, 2.05) is 0 Å². The predicted octanol–water partition coefficient (Wildman–Crippen LogP) is 4.15. The van der Waals surface area contributed by atoms with Crippen LogP contribution in [0.5, 0.6) is 11.5 Å². The van der Waals surface area contributed by atoms with Gasteiger partial charge in [0.05, 0.1) is 17.6 Å². The first-order chi connectivity index (χ1) is 12.0. The van der Waals surface area contributed by atoms with Crippen LogP contribution in [0.15, 0.2) is 36.4 Å². The van der Waals surface area contributed by atoms with Crippen LogP contribution < -0.4 is 9.64 Å². The Morgan fingerprint density at radius 1 is 1.32 bits per heavy atom. The van der Waals surface area contributed by atoms with Gasteiger partial charge in [-0.25, -0.2) is 4.39 Å². The van der Waals surface area contributed by atoms with Gasteiger partial charge in [0.15, 0.2) is 17.3 Å². The summed E-state index contributed by atoms with van der Waals surface area (Å²) in [6.07, 6.45) is 0.269. The number of rotatable bonds is 1. The standard InChI is InChI=1S/C18H13ClFNO4/c19-9-4-6-14-13(8-9)21-15(22)7-5-11(18(23)24)16(21)10-2-1-3-12(20)17(10)25-14/h1-4,6,8,11,16H,5,7H2,(H,23,24)/t11-,16-/m0/s1. The Hall–Kier alpha value is -2.60. The van der Waals surface area contributed by atoms with Crippen molar-refractivity contribution >= 4 is 29.2 Å². The van der Waals surface area contributed by atoms with Crippen molar-refractivity contribution in [2.24, 2.45) is 5.92 Å². The maximum Gasteiger partial charge on any atom is 0.308 e. The molecular formula is C18H13ClFNO4. The normalized spacial score (nSPS) is 21.5. The molecule has 0 bridgehead atoms. The third-order valence-electron chi connectivity index (χ3n) is 4.62. The molecule has 2 aliphatic heterocycles. The Morgan fingerprint density at radius 3 is 2.88 bits per heavy atom. The highest BCUT2D eigenvalue weighted by molar-refractivity contribution is 6.31. The number of para-hydroxylation sites is 1. The van der Waals surface area contributed by atoms with E-state index in [1.54, 1.807) is 18.2 Å². The van der Waals surface area contributed by atoms with Crippen molar-refractivity contribution in [3.8, 4) is 11.5 Å². The van der Waals surface area contributed by atoms with Gasteiger partial charge >= 0.3 is 5.97 Å². The second kappa shape index (κ2) is 5.74. The van der Waals surface area contributed by atoms with E-state index in [2.05, 4.69) is 0 Å². The molecule has 7 heteroatoms. The lowest BCUT2D eigenvalue weighted by Crippen LogP contribution is -2.45. The number of benzene rings is 2. The molecular weight excluding hydrogens is 349 g/mol. The van der Waals surface area contributed by atoms with E-state index in [0.29, 0.717) is 16.3 Å². The van der Waals surface area contributed by atoms with Crippen molar-refractivity contribution < 1.29 is 23.8 Å². The molecule has 1 saturated heterocycles. The molecule has 2 heterocycles. The maximum atomic E-state index is 14.4. The Kier molecular flexibility index (Phi) is 3.65. The molecule has 0 unspecified atom stereocenters. The van der Waals surface area contributed by atoms with Crippen LogP contribution in [0.2, 0.25) is 5.02 Å². The van der Waals surface area contributed by atoms with Gasteiger partial charge in [0.1, 0.15) is 0 Å². The van der Waals surface area contributed by atoms with Gasteiger partial charge in [-0.1, -0.05) is 23.7 Å². The number of carboxylic acids is 1. The fourth-order valence-corrected chi connectivity index (χ4v) is 3.70. The molecule has 0 saturated carbocycles. The number of amides is 1. The topological polar surface area (TPSA) is 66.8 Å². The average molecular weight is 362 g/mol. The Bertz CT molecular complexity index is 901. The number of piperidine rings is 1. The van der Waals surface area contributed by atoms with Crippen molar-refractivity contribution in [1.82, 2.24) is 0 Å². The number of halogens is 2. The molecule has 0 radical (unpaired) electrons. The highest BCUT2D eigenvalue weighted by Crippen LogP contribution is 2.51. The van der Waals surface area contributed by atoms with Crippen LogP contribution in [-0.4, -0.2) is 17.0 Å². The summed E-state index contributed by atoms with van der Waals surface area (Å²) in [4.78, 5) is 25.8. The molecule has 0 spiro atoms. The summed E-state index contributed by atoms with van der Waals surface area (Å²) in [5.41, 5.74) is 0.692. The number of fused-ring (bicyclic) bond motifs is 5. The van der Waals surface area contributed by atoms with Crippen molar-refractivity contribution in [3.05, 3.63) is 52.8 Å². The van der Waals surface area contributed by atoms with Gasteiger partial charge < -0.3 is 14.7 Å². The summed E-state index contributed by atoms with van der Waals surface area (Å²) in [6, 6.07) is 8.12. The highest BCUT2D eigenvalue weighted by atomic mass is 35.5. The largest absolute Gasteiger partial charge is 0.481 e. The van der Waals surface area contributed by atoms with Gasteiger partial charge in [-0.05, 0) is 30.7 Å². The van der Waals surface area contributed by atoms with Crippen molar-refractivity contribution in [2.75, 3.05) is 4.90 Å². The number of carbonyl (C=O) groups excluding carboxylic acids is 1. The number of hydrogen-bond donors (Lipinski definition) is 1. The van der Waals surface area contributed by atoms with Crippen LogP contribution in [0.1, 0.15) is 24.4 Å². The number of carbonyl (C=O) groups is 2. The molecule has 0 aromatic heterocycles. The lowest BCUT2D eigenvalue weighted by molar-refractivity contribution is -0.144. The molecule has 4 rings (SSSR count). The molecule has 2 aromatic rings. The minimum absolute atomic E-state index is 0.0560. The summed E-state index contributed by atoms with van der Waals surface area (Å²) in [7, 11) is 0. The fourth-order valence-electron chi connectivity index (χ4n) is 3.53. The first-order valence-corrected chi connectivity index (χ1v) is 8.16. The maximum absolute atomic E-state index is 14.4. The molecule has 1 fully saturated rings. The molecule has 2 atom stereocenters. The Labute approximate surface area is 147 Å². The highest BCUT2D eigenvalue weighted by Gasteiger charge is 2.45. The van der Waals surface area contributed by atoms with E-state index in [4.69, 9.17) is 16.3 Å². The fraction of sp³-hybridized carbons (Fsp3) is 0.222. The smallest absolute Gasteiger partial charge is 0.308 e. The van der Waals surface area contributed by atoms with Gasteiger partial charge in [0, 0.05) is 17.0 Å². The molecule has 2 aliphatic rings. The second-order valence-corrected chi connectivity index (χ2v) is 6.50. The number of ether oxygens (including phenoxy) is 1. The zero-order chi connectivity index (χ0) is 17.7. The van der Waals surface area contributed by atoms with Crippen molar-refractivity contribution in [2.45, 2.75) is 18.9 Å². The van der Waals surface area contributed by atoms with Crippen LogP contribution >= 0.6 is 11.6 Å². The molecule has 0 aliphatic carbocycles. The van der Waals surface area contributed by atoms with Crippen LogP contribution in [0.4, 0.5) is 10.1 Å². The summed E-state index contributed by atoms with van der Waals surface area (Å²) >= 11 is 6.07. The third kappa shape index (κ3) is 2.44. The van der Waals surface area contributed by atoms with Crippen molar-refractivity contribution in [1.29, 1.82) is 0 Å². The molecule has 1 amide bonds. The first kappa shape index (κ1) is 15.9. The van der Waals surface area contributed by atoms with E-state index in [1.165, 1.54) is 23.1 Å². The minimum atomic E-state index is -1.04. The first-order valence-electron chi connectivity index (χ1n) is 7.78. The number of hydrogen-bond acceptors (Lipinski definition) is 3. The monoisotopic (exact) mass is 361 g/mol. The van der Waals surface area contributed by atoms with E-state index in [-0.39, 0.29) is 30.2 Å². The summed E-state index contributed by atoms with van der Waals surface area (Å²) < 4.78 is 20.1. The molecule has 1 N–H and O–H groups in total. The lowest BCUT2D eigenvalue weighted by atomic mass is 9.83. The summed E-state index contributed by atoms with van der Waals surface area (Å²) in [5.74, 6) is -2.55. The van der Waals surface area contributed by atoms with E-state index >= 15 is 0 Å². The van der Waals surface area contributed by atoms with Gasteiger partial charge in [0.2, 0.25) is 5.91 Å². The molecule has 25 heavy (non-hydrogen) atoms. The van der Waals surface area contributed by atoms with Gasteiger partial charge in [-0.3, -0.25) is 9.59 Å². The average Bonchev–Trinajstić information content (AvgIpc) is 2.71. The lowest BCUT2D eigenvalue weighted by Gasteiger charge is -2.38. The summed E-state index contributed by atoms with van der Waals surface area (Å²) in [6.45, 7) is 0. The Morgan fingerprint density at radius 2 is 2.12 bits per heavy atom. The molecule has 5 nitrogen and oxygen atoms in total. The quantitative estimate of drug-likeness (QED) is 0.828. The van der Waals surface area contributed by atoms with E-state index in [9.17, 15) is 19.1 Å². The van der Waals surface area contributed by atoms with Crippen molar-refractivity contribution in [3.63, 3.8) is 0 Å².